The summed E-state index contributed by atoms with van der Waals surface area (Å²) in [6, 6.07) is 7.64. The number of likely N-dealkylation sites (tertiary alicyclic amines) is 1. The number of ether oxygens (including phenoxy) is 2. The van der Waals surface area contributed by atoms with Crippen molar-refractivity contribution in [2.45, 2.75) is 25.1 Å². The number of methoxy groups -OCH3 is 1. The molecule has 2 aromatic rings. The van der Waals surface area contributed by atoms with E-state index in [-0.39, 0.29) is 30.4 Å². The predicted octanol–water partition coefficient (Wildman–Crippen LogP) is 1.30. The number of carbonyl (C=O) groups is 1. The quantitative estimate of drug-likeness (QED) is 0.851. The highest BCUT2D eigenvalue weighted by Gasteiger charge is 2.35. The van der Waals surface area contributed by atoms with Gasteiger partial charge in [-0.3, -0.25) is 9.48 Å². The molecule has 2 atom stereocenters. The van der Waals surface area contributed by atoms with Gasteiger partial charge in [0.15, 0.2) is 18.2 Å². The lowest BCUT2D eigenvalue weighted by Gasteiger charge is -2.24. The molecule has 1 aliphatic rings. The van der Waals surface area contributed by atoms with Crippen molar-refractivity contribution in [1.29, 1.82) is 0 Å². The van der Waals surface area contributed by atoms with Crippen molar-refractivity contribution in [3.8, 4) is 5.75 Å². The number of carbonyl (C=O) groups excluding carboxylic acids is 1. The fraction of sp³-hybridized carbons (Fsp3) is 0.412. The van der Waals surface area contributed by atoms with E-state index in [0.717, 1.165) is 0 Å². The van der Waals surface area contributed by atoms with Gasteiger partial charge < -0.3 is 20.1 Å². The van der Waals surface area contributed by atoms with Gasteiger partial charge in [-0.1, -0.05) is 12.1 Å². The molecule has 0 unspecified atom stereocenters. The summed E-state index contributed by atoms with van der Waals surface area (Å²) in [6.45, 7) is 0.759. The molecule has 2 N–H and O–H groups in total. The molecule has 2 heterocycles. The molecule has 1 aliphatic heterocycles. The van der Waals surface area contributed by atoms with Gasteiger partial charge in [0.1, 0.15) is 5.82 Å². The van der Waals surface area contributed by atoms with Crippen molar-refractivity contribution in [1.82, 2.24) is 14.7 Å². The van der Waals surface area contributed by atoms with Crippen molar-refractivity contribution in [3.05, 3.63) is 42.3 Å². The van der Waals surface area contributed by atoms with Crippen LogP contribution in [-0.4, -0.2) is 53.0 Å². The molecule has 8 heteroatoms. The van der Waals surface area contributed by atoms with E-state index >= 15 is 0 Å². The minimum absolute atomic E-state index is 0.0460. The van der Waals surface area contributed by atoms with Gasteiger partial charge in [0.05, 0.1) is 18.7 Å². The number of hydrogen-bond acceptors (Lipinski definition) is 5. The summed E-state index contributed by atoms with van der Waals surface area (Å²) in [4.78, 5) is 14.3. The van der Waals surface area contributed by atoms with Crippen LogP contribution in [0.1, 0.15) is 6.42 Å². The molecule has 1 saturated heterocycles. The monoisotopic (exact) mass is 348 g/mol. The Balaban J connectivity index is 1.64. The van der Waals surface area contributed by atoms with Crippen LogP contribution in [-0.2, 0) is 16.1 Å². The maximum atomic E-state index is 13.6. The second kappa shape index (κ2) is 7.52. The van der Waals surface area contributed by atoms with Crippen LogP contribution in [0, 0.1) is 5.82 Å². The van der Waals surface area contributed by atoms with E-state index < -0.39 is 5.82 Å². The maximum absolute atomic E-state index is 13.6. The number of anilines is 1. The molecular formula is C17H21FN4O3. The number of nitrogens with two attached hydrogens (primary N) is 1. The zero-order valence-electron chi connectivity index (χ0n) is 14.0. The number of aromatic nitrogens is 2. The number of amides is 1. The third-order valence-corrected chi connectivity index (χ3v) is 4.28. The summed E-state index contributed by atoms with van der Waals surface area (Å²) >= 11 is 0. The van der Waals surface area contributed by atoms with Gasteiger partial charge in [0.2, 0.25) is 0 Å². The molecule has 25 heavy (non-hydrogen) atoms. The topological polar surface area (TPSA) is 82.6 Å². The van der Waals surface area contributed by atoms with Crippen LogP contribution in [0.3, 0.4) is 0 Å². The Morgan fingerprint density at radius 3 is 2.88 bits per heavy atom. The molecule has 0 saturated carbocycles. The number of nitrogens with zero attached hydrogens (tertiary/aromatic N) is 3. The van der Waals surface area contributed by atoms with Crippen molar-refractivity contribution in [2.75, 3.05) is 26.0 Å². The first-order valence-electron chi connectivity index (χ1n) is 8.05. The lowest BCUT2D eigenvalue weighted by atomic mass is 10.2. The SMILES string of the molecule is CO[C@@H]1C[C@@H](Cn2ccc(N)n2)N(C(=O)COc2ccccc2F)C1. The van der Waals surface area contributed by atoms with Gasteiger partial charge >= 0.3 is 0 Å². The fourth-order valence-corrected chi connectivity index (χ4v) is 3.00. The summed E-state index contributed by atoms with van der Waals surface area (Å²) in [5, 5.41) is 4.16. The smallest absolute Gasteiger partial charge is 0.260 e. The lowest BCUT2D eigenvalue weighted by molar-refractivity contribution is -0.134. The molecule has 1 amide bonds. The van der Waals surface area contributed by atoms with Gasteiger partial charge in [-0.2, -0.15) is 5.10 Å². The summed E-state index contributed by atoms with van der Waals surface area (Å²) in [7, 11) is 1.62. The lowest BCUT2D eigenvalue weighted by Crippen LogP contribution is -2.41. The Morgan fingerprint density at radius 1 is 1.40 bits per heavy atom. The van der Waals surface area contributed by atoms with Crippen molar-refractivity contribution in [3.63, 3.8) is 0 Å². The zero-order chi connectivity index (χ0) is 17.8. The normalized spacial score (nSPS) is 20.0. The molecule has 7 nitrogen and oxygen atoms in total. The van der Waals surface area contributed by atoms with E-state index in [1.807, 2.05) is 0 Å². The summed E-state index contributed by atoms with van der Waals surface area (Å²) < 4.78 is 26.0. The molecule has 1 fully saturated rings. The van der Waals surface area contributed by atoms with Crippen LogP contribution in [0.4, 0.5) is 10.2 Å². The summed E-state index contributed by atoms with van der Waals surface area (Å²) in [6.07, 6.45) is 2.42. The van der Waals surface area contributed by atoms with Gasteiger partial charge in [0, 0.05) is 19.9 Å². The van der Waals surface area contributed by atoms with E-state index in [1.54, 1.807) is 41.1 Å². The van der Waals surface area contributed by atoms with Gasteiger partial charge in [-0.15, -0.1) is 0 Å². The Bertz CT molecular complexity index is 736. The highest BCUT2D eigenvalue weighted by atomic mass is 19.1. The second-order valence-corrected chi connectivity index (χ2v) is 5.98. The first kappa shape index (κ1) is 17.2. The number of para-hydroxylation sites is 1. The summed E-state index contributed by atoms with van der Waals surface area (Å²) in [5.41, 5.74) is 5.63. The number of nitrogen functional groups attached to an aromatic ring is 1. The molecule has 0 aliphatic carbocycles. The van der Waals surface area contributed by atoms with Crippen molar-refractivity contribution < 1.29 is 18.7 Å². The number of hydrogen-bond donors (Lipinski definition) is 1. The van der Waals surface area contributed by atoms with E-state index in [1.165, 1.54) is 12.1 Å². The van der Waals surface area contributed by atoms with Crippen LogP contribution in [0.2, 0.25) is 0 Å². The Hall–Kier alpha value is -2.61. The van der Waals surface area contributed by atoms with Crippen LogP contribution in [0.15, 0.2) is 36.5 Å². The van der Waals surface area contributed by atoms with Gasteiger partial charge in [-0.25, -0.2) is 4.39 Å². The van der Waals surface area contributed by atoms with Crippen LogP contribution in [0.5, 0.6) is 5.75 Å². The minimum atomic E-state index is -0.491. The highest BCUT2D eigenvalue weighted by Crippen LogP contribution is 2.22. The predicted molar refractivity (Wildman–Crippen MR) is 89.4 cm³/mol. The van der Waals surface area contributed by atoms with Gasteiger partial charge in [0.25, 0.3) is 5.91 Å². The van der Waals surface area contributed by atoms with E-state index in [0.29, 0.717) is 25.3 Å². The van der Waals surface area contributed by atoms with E-state index in [2.05, 4.69) is 5.10 Å². The first-order chi connectivity index (χ1) is 12.1. The summed E-state index contributed by atoms with van der Waals surface area (Å²) in [5.74, 6) is -0.209. The molecule has 1 aromatic heterocycles. The fourth-order valence-electron chi connectivity index (χ4n) is 3.00. The maximum Gasteiger partial charge on any atom is 0.260 e. The Kier molecular flexibility index (Phi) is 5.18. The highest BCUT2D eigenvalue weighted by molar-refractivity contribution is 5.78. The first-order valence-corrected chi connectivity index (χ1v) is 8.05. The molecule has 1 aromatic carbocycles. The van der Waals surface area contributed by atoms with Crippen LogP contribution >= 0.6 is 0 Å². The number of rotatable bonds is 6. The third-order valence-electron chi connectivity index (χ3n) is 4.28. The van der Waals surface area contributed by atoms with E-state index in [9.17, 15) is 9.18 Å². The minimum Gasteiger partial charge on any atom is -0.481 e. The van der Waals surface area contributed by atoms with Crippen molar-refractivity contribution in [2.24, 2.45) is 0 Å². The average Bonchev–Trinajstić information content (AvgIpc) is 3.20. The molecule has 0 radical (unpaired) electrons. The molecule has 134 valence electrons. The zero-order valence-corrected chi connectivity index (χ0v) is 14.0. The average molecular weight is 348 g/mol. The van der Waals surface area contributed by atoms with E-state index in [4.69, 9.17) is 15.2 Å². The molecule has 3 rings (SSSR count). The Morgan fingerprint density at radius 2 is 2.20 bits per heavy atom. The van der Waals surface area contributed by atoms with Crippen LogP contribution in [0.25, 0.3) is 0 Å². The number of halogens is 1. The van der Waals surface area contributed by atoms with Crippen LogP contribution < -0.4 is 10.5 Å². The third kappa shape index (κ3) is 4.08. The number of benzene rings is 1. The Labute approximate surface area is 145 Å². The standard InChI is InChI=1S/C17H21FN4O3/c1-24-13-8-12(9-21-7-6-16(19)20-21)22(10-13)17(23)11-25-15-5-3-2-4-14(15)18/h2-7,12-13H,8-11H2,1H3,(H2,19,20)/t12-,13+/m0/s1. The van der Waals surface area contributed by atoms with Gasteiger partial charge in [-0.05, 0) is 24.6 Å². The largest absolute Gasteiger partial charge is 0.481 e. The molecular weight excluding hydrogens is 327 g/mol. The molecule has 0 bridgehead atoms. The molecule has 0 spiro atoms. The second-order valence-electron chi connectivity index (χ2n) is 5.98. The van der Waals surface area contributed by atoms with Crippen molar-refractivity contribution >= 4 is 11.7 Å².